The Balaban J connectivity index is 1.28. The molecule has 2 aliphatic heterocycles. The molecule has 224 valence electrons. The third kappa shape index (κ3) is 5.32. The van der Waals surface area contributed by atoms with E-state index in [1.807, 2.05) is 44.7 Å². The Labute approximate surface area is 246 Å². The summed E-state index contributed by atoms with van der Waals surface area (Å²) in [7, 11) is 1.58. The average Bonchev–Trinajstić information content (AvgIpc) is 3.56. The summed E-state index contributed by atoms with van der Waals surface area (Å²) in [5.41, 5.74) is 4.57. The van der Waals surface area contributed by atoms with Crippen molar-refractivity contribution in [1.29, 1.82) is 0 Å². The van der Waals surface area contributed by atoms with Gasteiger partial charge in [0.05, 0.1) is 35.7 Å². The number of aryl methyl sites for hydroxylation is 1. The largest absolute Gasteiger partial charge is 0.493 e. The quantitative estimate of drug-likeness (QED) is 0.447. The first kappa shape index (κ1) is 28.1. The van der Waals surface area contributed by atoms with Gasteiger partial charge >= 0.3 is 12.1 Å². The van der Waals surface area contributed by atoms with Gasteiger partial charge in [-0.1, -0.05) is 0 Å². The van der Waals surface area contributed by atoms with Crippen molar-refractivity contribution in [3.63, 3.8) is 0 Å². The minimum absolute atomic E-state index is 0.242. The molecule has 0 unspecified atom stereocenters. The summed E-state index contributed by atoms with van der Waals surface area (Å²) in [4.78, 5) is 37.7. The number of piperazine rings is 1. The Hall–Kier alpha value is -4.02. The molecule has 0 spiro atoms. The van der Waals surface area contributed by atoms with Gasteiger partial charge in [0.1, 0.15) is 11.4 Å². The van der Waals surface area contributed by atoms with Crippen LogP contribution >= 0.6 is 0 Å². The Morgan fingerprint density at radius 3 is 2.52 bits per heavy atom. The van der Waals surface area contributed by atoms with Crippen LogP contribution in [-0.2, 0) is 11.2 Å². The predicted octanol–water partition coefficient (Wildman–Crippen LogP) is 5.35. The number of aromatic nitrogens is 3. The zero-order valence-corrected chi connectivity index (χ0v) is 25.7. The predicted molar refractivity (Wildman–Crippen MR) is 162 cm³/mol. The van der Waals surface area contributed by atoms with Crippen LogP contribution < -0.4 is 19.9 Å². The van der Waals surface area contributed by atoms with E-state index in [9.17, 15) is 9.59 Å². The minimum Gasteiger partial charge on any atom is -0.493 e. The Bertz CT molecular complexity index is 1550. The van der Waals surface area contributed by atoms with Crippen molar-refractivity contribution in [2.75, 3.05) is 48.4 Å². The molecular formula is C31H41N7O4. The SMILES string of the molecule is COc1cn2nc(C)cc2cc1NC(=O)N1CCc2c(N3CCN(C(=O)OC(C)(C)C)C(C)(C)C3)cc(C3CC3)nc21. The van der Waals surface area contributed by atoms with E-state index in [2.05, 4.69) is 35.2 Å². The van der Waals surface area contributed by atoms with E-state index in [1.165, 1.54) is 0 Å². The zero-order valence-electron chi connectivity index (χ0n) is 25.7. The number of nitrogens with one attached hydrogen (secondary N) is 1. The van der Waals surface area contributed by atoms with Gasteiger partial charge in [0.25, 0.3) is 0 Å². The summed E-state index contributed by atoms with van der Waals surface area (Å²) in [6.45, 7) is 14.2. The van der Waals surface area contributed by atoms with Crippen LogP contribution in [0.2, 0.25) is 0 Å². The summed E-state index contributed by atoms with van der Waals surface area (Å²) in [6, 6.07) is 5.81. The summed E-state index contributed by atoms with van der Waals surface area (Å²) in [5, 5.41) is 7.51. The van der Waals surface area contributed by atoms with Crippen LogP contribution in [0.25, 0.3) is 5.52 Å². The van der Waals surface area contributed by atoms with Gasteiger partial charge in [-0.25, -0.2) is 19.1 Å². The van der Waals surface area contributed by atoms with Crippen LogP contribution in [0, 0.1) is 6.92 Å². The van der Waals surface area contributed by atoms with Crippen molar-refractivity contribution in [2.45, 2.75) is 77.9 Å². The molecule has 0 aromatic carbocycles. The molecule has 2 fully saturated rings. The fourth-order valence-electron chi connectivity index (χ4n) is 6.03. The molecule has 42 heavy (non-hydrogen) atoms. The van der Waals surface area contributed by atoms with E-state index in [1.54, 1.807) is 22.7 Å². The fraction of sp³-hybridized carbons (Fsp3) is 0.548. The molecule has 0 bridgehead atoms. The van der Waals surface area contributed by atoms with Gasteiger partial charge in [0, 0.05) is 49.0 Å². The molecule has 1 saturated carbocycles. The van der Waals surface area contributed by atoms with Crippen LogP contribution in [0.3, 0.4) is 0 Å². The third-order valence-electron chi connectivity index (χ3n) is 8.18. The topological polar surface area (TPSA) is 105 Å². The highest BCUT2D eigenvalue weighted by molar-refractivity contribution is 6.04. The first-order chi connectivity index (χ1) is 19.8. The van der Waals surface area contributed by atoms with E-state index in [0.29, 0.717) is 50.0 Å². The normalized spacial score (nSPS) is 18.3. The van der Waals surface area contributed by atoms with Gasteiger partial charge in [0.15, 0.2) is 5.75 Å². The van der Waals surface area contributed by atoms with Crippen LogP contribution in [0.5, 0.6) is 5.75 Å². The highest BCUT2D eigenvalue weighted by atomic mass is 16.6. The molecular weight excluding hydrogens is 534 g/mol. The Kier molecular flexibility index (Phi) is 6.74. The zero-order chi connectivity index (χ0) is 30.0. The van der Waals surface area contributed by atoms with Crippen LogP contribution in [0.15, 0.2) is 24.4 Å². The van der Waals surface area contributed by atoms with Gasteiger partial charge in [-0.3, -0.25) is 9.80 Å². The fourth-order valence-corrected chi connectivity index (χ4v) is 6.03. The molecule has 0 radical (unpaired) electrons. The summed E-state index contributed by atoms with van der Waals surface area (Å²) in [6.07, 6.45) is 4.42. The van der Waals surface area contributed by atoms with E-state index in [4.69, 9.17) is 14.5 Å². The number of amides is 3. The molecule has 6 rings (SSSR count). The van der Waals surface area contributed by atoms with Gasteiger partial charge < -0.3 is 19.7 Å². The first-order valence-corrected chi connectivity index (χ1v) is 14.7. The van der Waals surface area contributed by atoms with Crippen molar-refractivity contribution in [2.24, 2.45) is 0 Å². The molecule has 11 nitrogen and oxygen atoms in total. The average molecular weight is 576 g/mol. The third-order valence-corrected chi connectivity index (χ3v) is 8.18. The number of nitrogens with zero attached hydrogens (tertiary/aromatic N) is 6. The first-order valence-electron chi connectivity index (χ1n) is 14.7. The number of hydrogen-bond donors (Lipinski definition) is 1. The number of fused-ring (bicyclic) bond motifs is 2. The van der Waals surface area contributed by atoms with Crippen molar-refractivity contribution in [3.8, 4) is 5.75 Å². The maximum Gasteiger partial charge on any atom is 0.410 e. The van der Waals surface area contributed by atoms with Crippen LogP contribution in [-0.4, -0.2) is 76.1 Å². The van der Waals surface area contributed by atoms with E-state index >= 15 is 0 Å². The van der Waals surface area contributed by atoms with Crippen molar-refractivity contribution >= 4 is 34.8 Å². The van der Waals surface area contributed by atoms with Crippen molar-refractivity contribution in [1.82, 2.24) is 19.5 Å². The molecule has 3 aromatic heterocycles. The highest BCUT2D eigenvalue weighted by Gasteiger charge is 2.41. The lowest BCUT2D eigenvalue weighted by atomic mass is 9.97. The summed E-state index contributed by atoms with van der Waals surface area (Å²) in [5.74, 6) is 1.67. The van der Waals surface area contributed by atoms with Gasteiger partial charge in [-0.05, 0) is 79.0 Å². The molecule has 1 N–H and O–H groups in total. The molecule has 11 heteroatoms. The number of methoxy groups -OCH3 is 1. The van der Waals surface area contributed by atoms with Crippen molar-refractivity contribution in [3.05, 3.63) is 41.3 Å². The standard InChI is InChI=1S/C31H41N7O4/c1-19-14-21-15-24(26(41-7)17-38(21)34-19)33-28(39)36-11-10-22-25(16-23(20-8-9-20)32-27(22)36)35-12-13-37(31(5,6)18-35)29(40)42-30(2,3)4/h14-17,20H,8-13,18H2,1-7H3,(H,33,39). The number of urea groups is 1. The lowest BCUT2D eigenvalue weighted by molar-refractivity contribution is 0.000361. The smallest absolute Gasteiger partial charge is 0.410 e. The van der Waals surface area contributed by atoms with Crippen molar-refractivity contribution < 1.29 is 19.1 Å². The van der Waals surface area contributed by atoms with Crippen LogP contribution in [0.1, 0.15) is 70.3 Å². The Morgan fingerprint density at radius 2 is 1.86 bits per heavy atom. The second-order valence-electron chi connectivity index (χ2n) is 13.3. The lowest BCUT2D eigenvalue weighted by Crippen LogP contribution is -2.62. The summed E-state index contributed by atoms with van der Waals surface area (Å²) >= 11 is 0. The Morgan fingerprint density at radius 1 is 1.10 bits per heavy atom. The van der Waals surface area contributed by atoms with Gasteiger partial charge in [0.2, 0.25) is 0 Å². The molecule has 1 aliphatic carbocycles. The monoisotopic (exact) mass is 575 g/mol. The van der Waals surface area contributed by atoms with Crippen LogP contribution in [0.4, 0.5) is 26.8 Å². The number of ether oxygens (including phenoxy) is 2. The number of pyridine rings is 2. The number of carbonyl (C=O) groups is 2. The minimum atomic E-state index is -0.549. The van der Waals surface area contributed by atoms with Gasteiger partial charge in [-0.15, -0.1) is 0 Å². The maximum absolute atomic E-state index is 13.7. The lowest BCUT2D eigenvalue weighted by Gasteiger charge is -2.48. The van der Waals surface area contributed by atoms with E-state index in [0.717, 1.165) is 46.8 Å². The second kappa shape index (κ2) is 10.1. The number of anilines is 3. The number of carbonyl (C=O) groups excluding carboxylic acids is 2. The van der Waals surface area contributed by atoms with E-state index < -0.39 is 11.1 Å². The number of hydrogen-bond acceptors (Lipinski definition) is 7. The molecule has 3 aromatic rings. The van der Waals surface area contributed by atoms with Gasteiger partial charge in [-0.2, -0.15) is 5.10 Å². The highest BCUT2D eigenvalue weighted by Crippen LogP contribution is 2.45. The molecule has 1 saturated heterocycles. The molecule has 3 aliphatic rings. The second-order valence-corrected chi connectivity index (χ2v) is 13.3. The van der Waals surface area contributed by atoms with E-state index in [-0.39, 0.29) is 12.1 Å². The number of rotatable bonds is 4. The maximum atomic E-state index is 13.7. The molecule has 3 amide bonds. The molecule has 5 heterocycles. The molecule has 0 atom stereocenters. The summed E-state index contributed by atoms with van der Waals surface area (Å²) < 4.78 is 13.0.